The quantitative estimate of drug-likeness (QED) is 0.391. The topological polar surface area (TPSA) is 88.0 Å². The molecule has 180 valence electrons. The number of carbonyl (C=O) groups excluding carboxylic acids is 1. The van der Waals surface area contributed by atoms with Gasteiger partial charge < -0.3 is 13.9 Å². The van der Waals surface area contributed by atoms with Gasteiger partial charge in [-0.05, 0) is 54.4 Å². The molecule has 1 atom stereocenters. The molecule has 3 aromatic rings. The van der Waals surface area contributed by atoms with Gasteiger partial charge in [0.15, 0.2) is 11.0 Å². The summed E-state index contributed by atoms with van der Waals surface area (Å²) in [4.78, 5) is 17.1. The van der Waals surface area contributed by atoms with Crippen LogP contribution in [0.3, 0.4) is 0 Å². The van der Waals surface area contributed by atoms with E-state index in [1.807, 2.05) is 29.0 Å². The molecule has 9 heteroatoms. The Morgan fingerprint density at radius 2 is 2.24 bits per heavy atom. The van der Waals surface area contributed by atoms with E-state index in [0.717, 1.165) is 23.5 Å². The van der Waals surface area contributed by atoms with Gasteiger partial charge in [0, 0.05) is 18.5 Å². The van der Waals surface area contributed by atoms with Crippen molar-refractivity contribution in [2.24, 2.45) is 18.4 Å². The van der Waals surface area contributed by atoms with Gasteiger partial charge in [-0.2, -0.15) is 5.26 Å². The maximum atomic E-state index is 12.9. The largest absolute Gasteiger partial charge is 0.467 e. The summed E-state index contributed by atoms with van der Waals surface area (Å²) in [5.74, 6) is 2.42. The molecule has 0 fully saturated rings. The second-order valence-corrected chi connectivity index (χ2v) is 11.9. The number of amides is 1. The summed E-state index contributed by atoms with van der Waals surface area (Å²) in [6.07, 6.45) is 5.36. The first-order chi connectivity index (χ1) is 16.3. The molecule has 0 aliphatic heterocycles. The van der Waals surface area contributed by atoms with Crippen LogP contribution in [0.15, 0.2) is 34.0 Å². The molecular formula is C25H31N5O2S2. The molecule has 0 bridgehead atoms. The summed E-state index contributed by atoms with van der Waals surface area (Å²) < 4.78 is 7.35. The smallest absolute Gasteiger partial charge is 0.233 e. The Kier molecular flexibility index (Phi) is 7.48. The van der Waals surface area contributed by atoms with Crippen LogP contribution in [0, 0.1) is 22.7 Å². The van der Waals surface area contributed by atoms with E-state index in [1.54, 1.807) is 17.2 Å². The SMILES string of the molecule is Cn1c(SCC(=O)N(CCC#N)Cc2ccco2)nnc1-c1cc2c(s1)CCC(C(C)(C)C)C2. The molecule has 4 rings (SSSR count). The predicted octanol–water partition coefficient (Wildman–Crippen LogP) is 5.32. The summed E-state index contributed by atoms with van der Waals surface area (Å²) in [6.45, 7) is 7.73. The van der Waals surface area contributed by atoms with Crippen molar-refractivity contribution in [1.82, 2.24) is 19.7 Å². The number of nitriles is 1. The van der Waals surface area contributed by atoms with Crippen LogP contribution in [0.5, 0.6) is 0 Å². The number of aryl methyl sites for hydroxylation is 1. The van der Waals surface area contributed by atoms with Crippen molar-refractivity contribution in [3.8, 4) is 16.8 Å². The normalized spacial score (nSPS) is 15.7. The fraction of sp³-hybridized carbons (Fsp3) is 0.520. The summed E-state index contributed by atoms with van der Waals surface area (Å²) in [6, 6.07) is 8.03. The first-order valence-corrected chi connectivity index (χ1v) is 13.4. The fourth-order valence-electron chi connectivity index (χ4n) is 4.31. The van der Waals surface area contributed by atoms with Gasteiger partial charge in [0.05, 0.1) is 35.9 Å². The number of furan rings is 1. The maximum Gasteiger partial charge on any atom is 0.233 e. The third kappa shape index (κ3) is 5.56. The monoisotopic (exact) mass is 497 g/mol. The van der Waals surface area contributed by atoms with E-state index in [9.17, 15) is 4.79 Å². The zero-order chi connectivity index (χ0) is 24.3. The van der Waals surface area contributed by atoms with E-state index in [-0.39, 0.29) is 18.1 Å². The van der Waals surface area contributed by atoms with Gasteiger partial charge in [0.2, 0.25) is 5.91 Å². The summed E-state index contributed by atoms with van der Waals surface area (Å²) in [5, 5.41) is 18.5. The Labute approximate surface area is 209 Å². The lowest BCUT2D eigenvalue weighted by molar-refractivity contribution is -0.129. The van der Waals surface area contributed by atoms with E-state index in [1.165, 1.54) is 28.6 Å². The third-order valence-corrected chi connectivity index (χ3v) is 8.70. The zero-order valence-electron chi connectivity index (χ0n) is 20.2. The van der Waals surface area contributed by atoms with Gasteiger partial charge >= 0.3 is 0 Å². The molecule has 0 saturated carbocycles. The van der Waals surface area contributed by atoms with Crippen LogP contribution < -0.4 is 0 Å². The van der Waals surface area contributed by atoms with E-state index >= 15 is 0 Å². The highest BCUT2D eigenvalue weighted by Crippen LogP contribution is 2.42. The number of nitrogens with zero attached hydrogens (tertiary/aromatic N) is 5. The number of rotatable bonds is 8. The summed E-state index contributed by atoms with van der Waals surface area (Å²) >= 11 is 3.19. The Balaban J connectivity index is 1.42. The predicted molar refractivity (Wildman–Crippen MR) is 134 cm³/mol. The first kappa shape index (κ1) is 24.6. The van der Waals surface area contributed by atoms with E-state index in [4.69, 9.17) is 9.68 Å². The lowest BCUT2D eigenvalue weighted by Gasteiger charge is -2.33. The summed E-state index contributed by atoms with van der Waals surface area (Å²) in [5.41, 5.74) is 1.77. The minimum Gasteiger partial charge on any atom is -0.467 e. The number of aromatic nitrogens is 3. The van der Waals surface area contributed by atoms with Gasteiger partial charge in [-0.3, -0.25) is 4.79 Å². The molecule has 0 spiro atoms. The van der Waals surface area contributed by atoms with Crippen molar-refractivity contribution in [2.75, 3.05) is 12.3 Å². The second-order valence-electron chi connectivity index (χ2n) is 9.82. The third-order valence-electron chi connectivity index (χ3n) is 6.46. The maximum absolute atomic E-state index is 12.9. The minimum absolute atomic E-state index is 0.0546. The fourth-order valence-corrected chi connectivity index (χ4v) is 6.36. The Bertz CT molecular complexity index is 1170. The van der Waals surface area contributed by atoms with Crippen molar-refractivity contribution in [3.63, 3.8) is 0 Å². The first-order valence-electron chi connectivity index (χ1n) is 11.6. The van der Waals surface area contributed by atoms with Crippen LogP contribution in [0.1, 0.15) is 49.8 Å². The summed E-state index contributed by atoms with van der Waals surface area (Å²) in [7, 11) is 1.95. The average Bonchev–Trinajstić information content (AvgIpc) is 3.53. The molecule has 1 amide bonds. The van der Waals surface area contributed by atoms with Crippen molar-refractivity contribution in [2.45, 2.75) is 58.2 Å². The van der Waals surface area contributed by atoms with Gasteiger partial charge in [0.25, 0.3) is 0 Å². The molecule has 1 aliphatic carbocycles. The zero-order valence-corrected chi connectivity index (χ0v) is 21.8. The van der Waals surface area contributed by atoms with Gasteiger partial charge in [-0.1, -0.05) is 32.5 Å². The van der Waals surface area contributed by atoms with Gasteiger partial charge in [-0.25, -0.2) is 0 Å². The Morgan fingerprint density at radius 3 is 2.94 bits per heavy atom. The van der Waals surface area contributed by atoms with Crippen LogP contribution in [-0.4, -0.2) is 37.9 Å². The second kappa shape index (κ2) is 10.4. The molecule has 0 saturated heterocycles. The van der Waals surface area contributed by atoms with Crippen LogP contribution in [0.2, 0.25) is 0 Å². The van der Waals surface area contributed by atoms with E-state index in [0.29, 0.717) is 35.3 Å². The highest BCUT2D eigenvalue weighted by Gasteiger charge is 2.30. The van der Waals surface area contributed by atoms with Crippen molar-refractivity contribution in [3.05, 3.63) is 40.7 Å². The molecule has 3 heterocycles. The number of hydrogen-bond donors (Lipinski definition) is 0. The highest BCUT2D eigenvalue weighted by atomic mass is 32.2. The standard InChI is InChI=1S/C25H31N5O2S2/c1-25(2,3)18-8-9-20-17(13-18)14-21(34-20)23-27-28-24(29(23)4)33-16-22(31)30(11-6-10-26)15-19-7-5-12-32-19/h5,7,12,14,18H,6,8-9,11,13,15-16H2,1-4H3. The molecule has 0 radical (unpaired) electrons. The average molecular weight is 498 g/mol. The molecular weight excluding hydrogens is 466 g/mol. The van der Waals surface area contributed by atoms with Crippen LogP contribution >= 0.6 is 23.1 Å². The molecule has 0 aromatic carbocycles. The van der Waals surface area contributed by atoms with Crippen LogP contribution in [0.4, 0.5) is 0 Å². The Hall–Kier alpha value is -2.57. The van der Waals surface area contributed by atoms with E-state index < -0.39 is 0 Å². The molecule has 0 N–H and O–H groups in total. The van der Waals surface area contributed by atoms with Gasteiger partial charge in [0.1, 0.15) is 5.76 Å². The van der Waals surface area contributed by atoms with Gasteiger partial charge in [-0.15, -0.1) is 21.5 Å². The number of thioether (sulfide) groups is 1. The van der Waals surface area contributed by atoms with Crippen molar-refractivity contribution >= 4 is 29.0 Å². The molecule has 34 heavy (non-hydrogen) atoms. The lowest BCUT2D eigenvalue weighted by atomic mass is 9.72. The van der Waals surface area contributed by atoms with Crippen LogP contribution in [-0.2, 0) is 31.2 Å². The molecule has 3 aromatic heterocycles. The lowest BCUT2D eigenvalue weighted by Crippen LogP contribution is -2.32. The van der Waals surface area contributed by atoms with E-state index in [2.05, 4.69) is 43.1 Å². The minimum atomic E-state index is -0.0546. The molecule has 7 nitrogen and oxygen atoms in total. The highest BCUT2D eigenvalue weighted by molar-refractivity contribution is 7.99. The van der Waals surface area contributed by atoms with Crippen molar-refractivity contribution < 1.29 is 9.21 Å². The molecule has 1 aliphatic rings. The Morgan fingerprint density at radius 1 is 1.41 bits per heavy atom. The molecule has 1 unspecified atom stereocenters. The number of fused-ring (bicyclic) bond motifs is 1. The number of carbonyl (C=O) groups is 1. The number of thiophene rings is 1. The van der Waals surface area contributed by atoms with Crippen molar-refractivity contribution in [1.29, 1.82) is 5.26 Å². The van der Waals surface area contributed by atoms with Crippen LogP contribution in [0.25, 0.3) is 10.7 Å². The number of hydrogen-bond acceptors (Lipinski definition) is 7.